The Balaban J connectivity index is 1.38. The average Bonchev–Trinajstić information content (AvgIpc) is 3.44. The number of aromatic nitrogens is 1. The van der Waals surface area contributed by atoms with Gasteiger partial charge in [-0.1, -0.05) is 12.1 Å². The second-order valence-electron chi connectivity index (χ2n) is 8.13. The van der Waals surface area contributed by atoms with Crippen LogP contribution in [0.15, 0.2) is 53.1 Å². The van der Waals surface area contributed by atoms with Gasteiger partial charge in [0.05, 0.1) is 25.5 Å². The minimum absolute atomic E-state index is 0.180. The number of benzene rings is 1. The molecule has 1 aromatic carbocycles. The van der Waals surface area contributed by atoms with Crippen LogP contribution in [0.2, 0.25) is 0 Å². The molecule has 0 N–H and O–H groups in total. The Morgan fingerprint density at radius 3 is 2.53 bits per heavy atom. The molecular weight excluding hydrogens is 408 g/mol. The van der Waals surface area contributed by atoms with Crippen LogP contribution in [0.25, 0.3) is 0 Å². The Labute approximate surface area is 187 Å². The van der Waals surface area contributed by atoms with E-state index < -0.39 is 5.97 Å². The fraction of sp³-hybridized carbons (Fsp3) is 0.360. The van der Waals surface area contributed by atoms with E-state index in [1.165, 1.54) is 0 Å². The van der Waals surface area contributed by atoms with Crippen molar-refractivity contribution in [3.8, 4) is 5.75 Å². The first-order valence-electron chi connectivity index (χ1n) is 10.7. The Hall–Kier alpha value is -3.48. The van der Waals surface area contributed by atoms with Crippen LogP contribution in [0.4, 0.5) is 0 Å². The first-order valence-corrected chi connectivity index (χ1v) is 10.7. The second kappa shape index (κ2) is 9.34. The summed E-state index contributed by atoms with van der Waals surface area (Å²) in [6.07, 6.45) is 3.58. The molecule has 4 rings (SSSR count). The highest BCUT2D eigenvalue weighted by Gasteiger charge is 2.33. The molecule has 1 amide bonds. The van der Waals surface area contributed by atoms with E-state index in [1.807, 2.05) is 54.8 Å². The number of ether oxygens (including phenoxy) is 2. The fourth-order valence-corrected chi connectivity index (χ4v) is 3.83. The van der Waals surface area contributed by atoms with E-state index in [0.29, 0.717) is 18.7 Å². The van der Waals surface area contributed by atoms with Crippen LogP contribution in [-0.4, -0.2) is 41.1 Å². The lowest BCUT2D eigenvalue weighted by Gasteiger charge is -2.22. The van der Waals surface area contributed by atoms with Gasteiger partial charge in [-0.05, 0) is 62.6 Å². The van der Waals surface area contributed by atoms with Gasteiger partial charge in [-0.2, -0.15) is 0 Å². The lowest BCUT2D eigenvalue weighted by molar-refractivity contribution is -0.135. The lowest BCUT2D eigenvalue weighted by Crippen LogP contribution is -2.36. The zero-order chi connectivity index (χ0) is 22.7. The molecule has 7 heteroatoms. The minimum atomic E-state index is -0.489. The maximum Gasteiger partial charge on any atom is 0.340 e. The largest absolute Gasteiger partial charge is 0.497 e. The molecule has 3 aromatic rings. The summed E-state index contributed by atoms with van der Waals surface area (Å²) in [5.41, 5.74) is 3.19. The molecule has 7 nitrogen and oxygen atoms in total. The van der Waals surface area contributed by atoms with Gasteiger partial charge in [0, 0.05) is 24.0 Å². The minimum Gasteiger partial charge on any atom is -0.497 e. The molecule has 1 saturated carbocycles. The molecule has 0 saturated heterocycles. The van der Waals surface area contributed by atoms with Crippen molar-refractivity contribution in [2.75, 3.05) is 13.7 Å². The molecule has 1 fully saturated rings. The number of hydrogen-bond acceptors (Lipinski definition) is 5. The normalized spacial score (nSPS) is 13.1. The molecular formula is C25H28N2O5. The number of aryl methyl sites for hydroxylation is 1. The summed E-state index contributed by atoms with van der Waals surface area (Å²) in [4.78, 5) is 27.4. The number of furan rings is 1. The second-order valence-corrected chi connectivity index (χ2v) is 8.13. The smallest absolute Gasteiger partial charge is 0.340 e. The summed E-state index contributed by atoms with van der Waals surface area (Å²) in [5, 5.41) is 0. The van der Waals surface area contributed by atoms with Crippen molar-refractivity contribution in [1.29, 1.82) is 0 Å². The molecule has 1 aliphatic rings. The third kappa shape index (κ3) is 4.88. The molecule has 168 valence electrons. The van der Waals surface area contributed by atoms with Crippen molar-refractivity contribution >= 4 is 11.9 Å². The number of methoxy groups -OCH3 is 1. The SMILES string of the molecule is COc1ccc(CN(C(=O)COC(=O)c2cc(C)n(Cc3ccco3)c2C)C2CC2)cc1. The molecule has 0 atom stereocenters. The van der Waals surface area contributed by atoms with Gasteiger partial charge in [0.1, 0.15) is 11.5 Å². The summed E-state index contributed by atoms with van der Waals surface area (Å²) >= 11 is 0. The zero-order valence-corrected chi connectivity index (χ0v) is 18.7. The van der Waals surface area contributed by atoms with Crippen molar-refractivity contribution in [3.63, 3.8) is 0 Å². The van der Waals surface area contributed by atoms with Crippen LogP contribution >= 0.6 is 0 Å². The molecule has 0 radical (unpaired) electrons. The summed E-state index contributed by atoms with van der Waals surface area (Å²) in [6, 6.07) is 13.4. The van der Waals surface area contributed by atoms with Crippen LogP contribution in [0.3, 0.4) is 0 Å². The van der Waals surface area contributed by atoms with Crippen LogP contribution in [0.5, 0.6) is 5.75 Å². The third-order valence-electron chi connectivity index (χ3n) is 5.83. The number of esters is 1. The first-order chi connectivity index (χ1) is 15.5. The van der Waals surface area contributed by atoms with Gasteiger partial charge in [-0.3, -0.25) is 4.79 Å². The molecule has 0 aliphatic heterocycles. The molecule has 32 heavy (non-hydrogen) atoms. The number of carbonyl (C=O) groups excluding carboxylic acids is 2. The Kier molecular flexibility index (Phi) is 6.35. The lowest BCUT2D eigenvalue weighted by atomic mass is 10.2. The van der Waals surface area contributed by atoms with Crippen LogP contribution < -0.4 is 4.74 Å². The molecule has 0 unspecified atom stereocenters. The number of carbonyl (C=O) groups is 2. The van der Waals surface area contributed by atoms with E-state index in [4.69, 9.17) is 13.9 Å². The predicted molar refractivity (Wildman–Crippen MR) is 119 cm³/mol. The Morgan fingerprint density at radius 2 is 1.91 bits per heavy atom. The van der Waals surface area contributed by atoms with Crippen LogP contribution in [0, 0.1) is 13.8 Å². The van der Waals surface area contributed by atoms with Crippen LogP contribution in [0.1, 0.15) is 45.9 Å². The highest BCUT2D eigenvalue weighted by Crippen LogP contribution is 2.29. The summed E-state index contributed by atoms with van der Waals surface area (Å²) in [7, 11) is 1.62. The van der Waals surface area contributed by atoms with Gasteiger partial charge < -0.3 is 23.4 Å². The van der Waals surface area contributed by atoms with E-state index in [9.17, 15) is 9.59 Å². The Morgan fingerprint density at radius 1 is 1.16 bits per heavy atom. The topological polar surface area (TPSA) is 73.9 Å². The van der Waals surface area contributed by atoms with Gasteiger partial charge in [0.25, 0.3) is 5.91 Å². The fourth-order valence-electron chi connectivity index (χ4n) is 3.83. The number of hydrogen-bond donors (Lipinski definition) is 0. The summed E-state index contributed by atoms with van der Waals surface area (Å²) in [5.74, 6) is 0.913. The van der Waals surface area contributed by atoms with E-state index in [-0.39, 0.29) is 18.6 Å². The van der Waals surface area contributed by atoms with E-state index in [1.54, 1.807) is 24.3 Å². The van der Waals surface area contributed by atoms with Crippen molar-refractivity contribution in [2.24, 2.45) is 0 Å². The number of nitrogens with zero attached hydrogens (tertiary/aromatic N) is 2. The highest BCUT2D eigenvalue weighted by atomic mass is 16.5. The summed E-state index contributed by atoms with van der Waals surface area (Å²) < 4.78 is 18.0. The van der Waals surface area contributed by atoms with Gasteiger partial charge in [-0.15, -0.1) is 0 Å². The number of rotatable bonds is 9. The van der Waals surface area contributed by atoms with Crippen molar-refractivity contribution in [1.82, 2.24) is 9.47 Å². The quantitative estimate of drug-likeness (QED) is 0.472. The number of amides is 1. The molecule has 2 aromatic heterocycles. The standard InChI is InChI=1S/C25H28N2O5/c1-17-13-23(18(2)26(17)15-22-5-4-12-31-22)25(29)32-16-24(28)27(20-8-9-20)14-19-6-10-21(30-3)11-7-19/h4-7,10-13,20H,8-9,14-16H2,1-3H3. The van der Waals surface area contributed by atoms with Gasteiger partial charge in [-0.25, -0.2) is 4.79 Å². The monoisotopic (exact) mass is 436 g/mol. The molecule has 2 heterocycles. The molecule has 1 aliphatic carbocycles. The first kappa shape index (κ1) is 21.7. The van der Waals surface area contributed by atoms with E-state index >= 15 is 0 Å². The molecule has 0 spiro atoms. The van der Waals surface area contributed by atoms with Crippen molar-refractivity contribution in [2.45, 2.75) is 45.8 Å². The predicted octanol–water partition coefficient (Wildman–Crippen LogP) is 4.10. The van der Waals surface area contributed by atoms with Gasteiger partial charge in [0.2, 0.25) is 0 Å². The zero-order valence-electron chi connectivity index (χ0n) is 18.7. The van der Waals surface area contributed by atoms with Crippen molar-refractivity contribution < 1.29 is 23.5 Å². The van der Waals surface area contributed by atoms with E-state index in [0.717, 1.165) is 41.3 Å². The third-order valence-corrected chi connectivity index (χ3v) is 5.83. The Bertz CT molecular complexity index is 1080. The maximum atomic E-state index is 12.9. The van der Waals surface area contributed by atoms with E-state index in [2.05, 4.69) is 0 Å². The maximum absolute atomic E-state index is 12.9. The average molecular weight is 437 g/mol. The van der Waals surface area contributed by atoms with Gasteiger partial charge >= 0.3 is 5.97 Å². The van der Waals surface area contributed by atoms with Crippen molar-refractivity contribution in [3.05, 3.63) is 77.0 Å². The molecule has 0 bridgehead atoms. The highest BCUT2D eigenvalue weighted by molar-refractivity contribution is 5.92. The summed E-state index contributed by atoms with van der Waals surface area (Å²) in [6.45, 7) is 4.56. The van der Waals surface area contributed by atoms with Gasteiger partial charge in [0.15, 0.2) is 6.61 Å². The van der Waals surface area contributed by atoms with Crippen LogP contribution in [-0.2, 0) is 22.6 Å².